The lowest BCUT2D eigenvalue weighted by atomic mass is 10.0. The van der Waals surface area contributed by atoms with E-state index in [4.69, 9.17) is 5.73 Å². The summed E-state index contributed by atoms with van der Waals surface area (Å²) in [5.41, 5.74) is 10.5. The zero-order valence-corrected chi connectivity index (χ0v) is 14.3. The Morgan fingerprint density at radius 3 is 2.64 bits per heavy atom. The molecule has 25 heavy (non-hydrogen) atoms. The molecule has 0 bridgehead atoms. The van der Waals surface area contributed by atoms with Gasteiger partial charge >= 0.3 is 0 Å². The number of hydrogen-bond acceptors (Lipinski definition) is 4. The van der Waals surface area contributed by atoms with Crippen molar-refractivity contribution >= 4 is 23.3 Å². The number of rotatable bonds is 4. The van der Waals surface area contributed by atoms with E-state index < -0.39 is 0 Å². The number of benzene rings is 1. The van der Waals surface area contributed by atoms with E-state index in [2.05, 4.69) is 21.1 Å². The highest BCUT2D eigenvalue weighted by Crippen LogP contribution is 2.25. The lowest BCUT2D eigenvalue weighted by Crippen LogP contribution is -2.17. The molecule has 0 aliphatic carbocycles. The van der Waals surface area contributed by atoms with Gasteiger partial charge in [0, 0.05) is 42.1 Å². The van der Waals surface area contributed by atoms with E-state index in [0.717, 1.165) is 27.8 Å². The molecule has 126 valence electrons. The zero-order chi connectivity index (χ0) is 16.4. The van der Waals surface area contributed by atoms with Gasteiger partial charge in [-0.2, -0.15) is 5.10 Å². The fraction of sp³-hybridized carbons (Fsp3) is 0.105. The first-order valence-corrected chi connectivity index (χ1v) is 7.85. The summed E-state index contributed by atoms with van der Waals surface area (Å²) in [6, 6.07) is 15.8. The second-order valence-corrected chi connectivity index (χ2v) is 5.68. The van der Waals surface area contributed by atoms with Gasteiger partial charge in [-0.25, -0.2) is 4.68 Å². The van der Waals surface area contributed by atoms with Gasteiger partial charge < -0.3 is 5.73 Å². The molecule has 0 fully saturated rings. The first kappa shape index (κ1) is 17.1. The SMILES string of the molecule is Cl.NC(Cc1ccccn1)c1ccccc1-n1ncc2cnccc21. The van der Waals surface area contributed by atoms with E-state index in [1.54, 1.807) is 12.4 Å². The standard InChI is InChI=1S/C19H17N5.ClH/c20-17(11-15-5-3-4-9-22-15)16-6-1-2-7-19(16)24-18-8-10-21-12-14(18)13-23-24;/h1-10,12-13,17H,11,20H2;1H. The van der Waals surface area contributed by atoms with Gasteiger partial charge in [0.25, 0.3) is 0 Å². The molecule has 0 amide bonds. The molecule has 4 rings (SSSR count). The highest BCUT2D eigenvalue weighted by Gasteiger charge is 2.15. The van der Waals surface area contributed by atoms with E-state index in [-0.39, 0.29) is 18.4 Å². The molecule has 6 heteroatoms. The average molecular weight is 352 g/mol. The fourth-order valence-electron chi connectivity index (χ4n) is 2.91. The number of hydrogen-bond donors (Lipinski definition) is 1. The van der Waals surface area contributed by atoms with Crippen molar-refractivity contribution in [1.29, 1.82) is 0 Å². The van der Waals surface area contributed by atoms with Crippen molar-refractivity contribution in [3.05, 3.63) is 84.6 Å². The summed E-state index contributed by atoms with van der Waals surface area (Å²) < 4.78 is 1.92. The Morgan fingerprint density at radius 2 is 1.80 bits per heavy atom. The van der Waals surface area contributed by atoms with Crippen LogP contribution in [-0.4, -0.2) is 19.7 Å². The van der Waals surface area contributed by atoms with Crippen molar-refractivity contribution in [3.63, 3.8) is 0 Å². The smallest absolute Gasteiger partial charge is 0.0772 e. The van der Waals surface area contributed by atoms with Crippen molar-refractivity contribution < 1.29 is 0 Å². The van der Waals surface area contributed by atoms with E-state index >= 15 is 0 Å². The van der Waals surface area contributed by atoms with Gasteiger partial charge in [-0.05, 0) is 29.8 Å². The van der Waals surface area contributed by atoms with Crippen LogP contribution in [-0.2, 0) is 6.42 Å². The molecule has 0 spiro atoms. The summed E-state index contributed by atoms with van der Waals surface area (Å²) in [7, 11) is 0. The van der Waals surface area contributed by atoms with Crippen LogP contribution in [0.4, 0.5) is 0 Å². The van der Waals surface area contributed by atoms with Gasteiger partial charge in [0.15, 0.2) is 0 Å². The van der Waals surface area contributed by atoms with Gasteiger partial charge in [-0.1, -0.05) is 24.3 Å². The zero-order valence-electron chi connectivity index (χ0n) is 13.5. The molecule has 2 N–H and O–H groups in total. The molecule has 0 saturated heterocycles. The Labute approximate surface area is 151 Å². The monoisotopic (exact) mass is 351 g/mol. The van der Waals surface area contributed by atoms with Crippen LogP contribution in [0.15, 0.2) is 73.3 Å². The minimum Gasteiger partial charge on any atom is -0.324 e. The highest BCUT2D eigenvalue weighted by atomic mass is 35.5. The maximum absolute atomic E-state index is 6.48. The Bertz CT molecular complexity index is 968. The third kappa shape index (κ3) is 3.38. The topological polar surface area (TPSA) is 69.6 Å². The highest BCUT2D eigenvalue weighted by molar-refractivity contribution is 5.85. The van der Waals surface area contributed by atoms with Crippen LogP contribution in [0.3, 0.4) is 0 Å². The minimum atomic E-state index is -0.155. The number of pyridine rings is 2. The molecular weight excluding hydrogens is 334 g/mol. The maximum atomic E-state index is 6.48. The van der Waals surface area contributed by atoms with Crippen LogP contribution < -0.4 is 5.73 Å². The maximum Gasteiger partial charge on any atom is 0.0772 e. The van der Waals surface area contributed by atoms with Crippen molar-refractivity contribution in [2.24, 2.45) is 5.73 Å². The fourth-order valence-corrected chi connectivity index (χ4v) is 2.91. The Hall–Kier alpha value is -2.76. The lowest BCUT2D eigenvalue weighted by Gasteiger charge is -2.16. The molecule has 0 radical (unpaired) electrons. The number of fused-ring (bicyclic) bond motifs is 1. The molecule has 1 aromatic carbocycles. The van der Waals surface area contributed by atoms with Crippen molar-refractivity contribution in [3.8, 4) is 5.69 Å². The predicted molar refractivity (Wildman–Crippen MR) is 101 cm³/mol. The van der Waals surface area contributed by atoms with E-state index in [1.165, 1.54) is 0 Å². The summed E-state index contributed by atoms with van der Waals surface area (Å²) in [4.78, 5) is 8.52. The van der Waals surface area contributed by atoms with Crippen LogP contribution in [0.25, 0.3) is 16.6 Å². The molecular formula is C19H18ClN5. The largest absolute Gasteiger partial charge is 0.324 e. The van der Waals surface area contributed by atoms with Crippen molar-refractivity contribution in [1.82, 2.24) is 19.7 Å². The first-order chi connectivity index (χ1) is 11.8. The molecule has 0 saturated carbocycles. The molecule has 3 heterocycles. The second-order valence-electron chi connectivity index (χ2n) is 5.68. The summed E-state index contributed by atoms with van der Waals surface area (Å²) in [6.45, 7) is 0. The third-order valence-corrected chi connectivity index (χ3v) is 4.09. The van der Waals surface area contributed by atoms with Crippen LogP contribution in [0.5, 0.6) is 0 Å². The van der Waals surface area contributed by atoms with E-state index in [1.807, 2.05) is 59.5 Å². The van der Waals surface area contributed by atoms with Crippen LogP contribution in [0.2, 0.25) is 0 Å². The summed E-state index contributed by atoms with van der Waals surface area (Å²) in [5, 5.41) is 5.53. The van der Waals surface area contributed by atoms with Crippen LogP contribution >= 0.6 is 12.4 Å². The number of halogens is 1. The number of nitrogens with two attached hydrogens (primary N) is 1. The van der Waals surface area contributed by atoms with Gasteiger partial charge in [0.2, 0.25) is 0 Å². The number of aromatic nitrogens is 4. The summed E-state index contributed by atoms with van der Waals surface area (Å²) in [5.74, 6) is 0. The van der Waals surface area contributed by atoms with Gasteiger partial charge in [0.1, 0.15) is 0 Å². The van der Waals surface area contributed by atoms with Crippen molar-refractivity contribution in [2.75, 3.05) is 0 Å². The number of nitrogens with zero attached hydrogens (tertiary/aromatic N) is 4. The number of para-hydroxylation sites is 1. The Kier molecular flexibility index (Phi) is 5.07. The Balaban J connectivity index is 0.00000182. The lowest BCUT2D eigenvalue weighted by molar-refractivity contribution is 0.696. The van der Waals surface area contributed by atoms with E-state index in [0.29, 0.717) is 6.42 Å². The molecule has 0 aliphatic rings. The van der Waals surface area contributed by atoms with Gasteiger partial charge in [0.05, 0.1) is 17.4 Å². The first-order valence-electron chi connectivity index (χ1n) is 7.85. The third-order valence-electron chi connectivity index (χ3n) is 4.09. The minimum absolute atomic E-state index is 0. The molecule has 1 atom stereocenters. The van der Waals surface area contributed by atoms with Crippen molar-refractivity contribution in [2.45, 2.75) is 12.5 Å². The normalized spacial score (nSPS) is 11.9. The van der Waals surface area contributed by atoms with Crippen LogP contribution in [0, 0.1) is 0 Å². The van der Waals surface area contributed by atoms with Gasteiger partial charge in [-0.3, -0.25) is 9.97 Å². The average Bonchev–Trinajstić information content (AvgIpc) is 3.06. The molecule has 3 aromatic heterocycles. The van der Waals surface area contributed by atoms with E-state index in [9.17, 15) is 0 Å². The molecule has 4 aromatic rings. The Morgan fingerprint density at radius 1 is 0.960 bits per heavy atom. The van der Waals surface area contributed by atoms with Gasteiger partial charge in [-0.15, -0.1) is 12.4 Å². The summed E-state index contributed by atoms with van der Waals surface area (Å²) >= 11 is 0. The predicted octanol–water partition coefficient (Wildman–Crippen LogP) is 3.48. The quantitative estimate of drug-likeness (QED) is 0.611. The molecule has 1 unspecified atom stereocenters. The molecule has 5 nitrogen and oxygen atoms in total. The molecule has 0 aliphatic heterocycles. The second kappa shape index (κ2) is 7.42. The van der Waals surface area contributed by atoms with Crippen LogP contribution in [0.1, 0.15) is 17.3 Å². The summed E-state index contributed by atoms with van der Waals surface area (Å²) in [6.07, 6.45) is 7.89.